The summed E-state index contributed by atoms with van der Waals surface area (Å²) in [5.41, 5.74) is 1.51. The maximum Gasteiger partial charge on any atom is 0.0145 e. The lowest BCUT2D eigenvalue weighted by Crippen LogP contribution is -2.45. The monoisotopic (exact) mass is 258 g/mol. The van der Waals surface area contributed by atoms with Crippen molar-refractivity contribution < 1.29 is 0 Å². The zero-order chi connectivity index (χ0) is 13.2. The SMILES string of the molecule is CC(C)N1CCC(N[C@H]2CC2c2ccccc2)CC1. The molecule has 0 radical (unpaired) electrons. The van der Waals surface area contributed by atoms with Gasteiger partial charge in [0.2, 0.25) is 0 Å². The molecule has 1 heterocycles. The maximum absolute atomic E-state index is 3.87. The third-order valence-corrected chi connectivity index (χ3v) is 4.73. The van der Waals surface area contributed by atoms with E-state index < -0.39 is 0 Å². The average molecular weight is 258 g/mol. The Bertz CT molecular complexity index is 393. The van der Waals surface area contributed by atoms with Crippen molar-refractivity contribution in [2.45, 2.75) is 57.2 Å². The Morgan fingerprint density at radius 1 is 1.11 bits per heavy atom. The predicted molar refractivity (Wildman–Crippen MR) is 80.5 cm³/mol. The van der Waals surface area contributed by atoms with Gasteiger partial charge in [-0.25, -0.2) is 0 Å². The summed E-state index contributed by atoms with van der Waals surface area (Å²) in [6, 6.07) is 13.2. The van der Waals surface area contributed by atoms with Crippen LogP contribution < -0.4 is 5.32 Å². The first-order valence-corrected chi connectivity index (χ1v) is 7.79. The van der Waals surface area contributed by atoms with Crippen molar-refractivity contribution >= 4 is 0 Å². The van der Waals surface area contributed by atoms with Crippen molar-refractivity contribution in [1.82, 2.24) is 10.2 Å². The minimum Gasteiger partial charge on any atom is -0.311 e. The average Bonchev–Trinajstić information content (AvgIpc) is 3.20. The molecule has 2 nitrogen and oxygen atoms in total. The second-order valence-corrected chi connectivity index (χ2v) is 6.43. The highest BCUT2D eigenvalue weighted by Gasteiger charge is 2.39. The molecule has 0 aromatic heterocycles. The molecule has 0 spiro atoms. The smallest absolute Gasteiger partial charge is 0.0145 e. The van der Waals surface area contributed by atoms with Crippen LogP contribution in [0.1, 0.15) is 44.6 Å². The molecule has 19 heavy (non-hydrogen) atoms. The molecule has 1 aromatic carbocycles. The Morgan fingerprint density at radius 3 is 2.42 bits per heavy atom. The second-order valence-electron chi connectivity index (χ2n) is 6.43. The van der Waals surface area contributed by atoms with E-state index in [1.807, 2.05) is 0 Å². The second kappa shape index (κ2) is 5.64. The molecule has 0 bridgehead atoms. The Morgan fingerprint density at radius 2 is 1.79 bits per heavy atom. The van der Waals surface area contributed by atoms with Crippen LogP contribution in [0.5, 0.6) is 0 Å². The van der Waals surface area contributed by atoms with Crippen molar-refractivity contribution in [2.24, 2.45) is 0 Å². The predicted octanol–water partition coefficient (Wildman–Crippen LogP) is 3.00. The number of rotatable bonds is 4. The molecule has 1 aliphatic heterocycles. The van der Waals surface area contributed by atoms with Gasteiger partial charge in [0.1, 0.15) is 0 Å². The molecule has 104 valence electrons. The normalized spacial score (nSPS) is 28.8. The van der Waals surface area contributed by atoms with Gasteiger partial charge in [-0.3, -0.25) is 0 Å². The van der Waals surface area contributed by atoms with E-state index in [2.05, 4.69) is 54.4 Å². The minimum absolute atomic E-state index is 0.707. The lowest BCUT2D eigenvalue weighted by atomic mass is 10.0. The van der Waals surface area contributed by atoms with Gasteiger partial charge in [0.05, 0.1) is 0 Å². The van der Waals surface area contributed by atoms with Crippen molar-refractivity contribution in [3.63, 3.8) is 0 Å². The molecule has 2 heteroatoms. The Kier molecular flexibility index (Phi) is 3.90. The quantitative estimate of drug-likeness (QED) is 0.893. The largest absolute Gasteiger partial charge is 0.311 e. The van der Waals surface area contributed by atoms with Gasteiger partial charge in [-0.05, 0) is 51.8 Å². The molecule has 1 saturated heterocycles. The Labute approximate surface area is 117 Å². The van der Waals surface area contributed by atoms with Crippen LogP contribution >= 0.6 is 0 Å². The van der Waals surface area contributed by atoms with E-state index in [1.54, 1.807) is 0 Å². The Balaban J connectivity index is 1.45. The van der Waals surface area contributed by atoms with Crippen molar-refractivity contribution in [3.05, 3.63) is 35.9 Å². The van der Waals surface area contributed by atoms with Gasteiger partial charge in [-0.1, -0.05) is 30.3 Å². The van der Waals surface area contributed by atoms with Crippen LogP contribution in [0.4, 0.5) is 0 Å². The summed E-state index contributed by atoms with van der Waals surface area (Å²) in [4.78, 5) is 2.60. The summed E-state index contributed by atoms with van der Waals surface area (Å²) in [6.45, 7) is 7.14. The van der Waals surface area contributed by atoms with Crippen LogP contribution in [-0.4, -0.2) is 36.1 Å². The zero-order valence-electron chi connectivity index (χ0n) is 12.2. The standard InChI is InChI=1S/C17H26N2/c1-13(2)19-10-8-15(9-11-19)18-17-12-16(17)14-6-4-3-5-7-14/h3-7,13,15-18H,8-12H2,1-2H3/t16?,17-/m0/s1. The van der Waals surface area contributed by atoms with Crippen molar-refractivity contribution in [2.75, 3.05) is 13.1 Å². The fourth-order valence-electron chi connectivity index (χ4n) is 3.33. The molecule has 3 rings (SSSR count). The molecular formula is C17H26N2. The summed E-state index contributed by atoms with van der Waals surface area (Å²) in [5.74, 6) is 0.768. The molecule has 0 amide bonds. The number of likely N-dealkylation sites (tertiary alicyclic amines) is 1. The first kappa shape index (κ1) is 13.1. The first-order valence-electron chi connectivity index (χ1n) is 7.79. The van der Waals surface area contributed by atoms with Gasteiger partial charge in [-0.15, -0.1) is 0 Å². The molecule has 2 fully saturated rings. The third kappa shape index (κ3) is 3.18. The lowest BCUT2D eigenvalue weighted by molar-refractivity contribution is 0.160. The molecule has 2 aliphatic rings. The van der Waals surface area contributed by atoms with Gasteiger partial charge in [0.25, 0.3) is 0 Å². The molecule has 1 unspecified atom stereocenters. The summed E-state index contributed by atoms with van der Waals surface area (Å²) in [5, 5.41) is 3.87. The highest BCUT2D eigenvalue weighted by atomic mass is 15.2. The van der Waals surface area contributed by atoms with E-state index in [9.17, 15) is 0 Å². The van der Waals surface area contributed by atoms with Crippen molar-refractivity contribution in [1.29, 1.82) is 0 Å². The summed E-state index contributed by atoms with van der Waals surface area (Å²) < 4.78 is 0. The highest BCUT2D eigenvalue weighted by Crippen LogP contribution is 2.41. The molecular weight excluding hydrogens is 232 g/mol. The molecule has 1 aliphatic carbocycles. The third-order valence-electron chi connectivity index (χ3n) is 4.73. The Hall–Kier alpha value is -0.860. The van der Waals surface area contributed by atoms with E-state index in [-0.39, 0.29) is 0 Å². The van der Waals surface area contributed by atoms with E-state index in [0.717, 1.165) is 18.0 Å². The molecule has 2 atom stereocenters. The van der Waals surface area contributed by atoms with E-state index in [1.165, 1.54) is 37.9 Å². The van der Waals surface area contributed by atoms with E-state index in [4.69, 9.17) is 0 Å². The van der Waals surface area contributed by atoms with Gasteiger partial charge in [0.15, 0.2) is 0 Å². The molecule has 1 N–H and O–H groups in total. The van der Waals surface area contributed by atoms with Gasteiger partial charge in [0, 0.05) is 24.0 Å². The van der Waals surface area contributed by atoms with E-state index in [0.29, 0.717) is 6.04 Å². The topological polar surface area (TPSA) is 15.3 Å². The number of hydrogen-bond acceptors (Lipinski definition) is 2. The maximum atomic E-state index is 3.87. The number of nitrogens with zero attached hydrogens (tertiary/aromatic N) is 1. The van der Waals surface area contributed by atoms with Crippen LogP contribution in [0.15, 0.2) is 30.3 Å². The number of hydrogen-bond donors (Lipinski definition) is 1. The van der Waals surface area contributed by atoms with Crippen molar-refractivity contribution in [3.8, 4) is 0 Å². The highest BCUT2D eigenvalue weighted by molar-refractivity contribution is 5.27. The minimum atomic E-state index is 0.707. The number of piperidine rings is 1. The zero-order valence-corrected chi connectivity index (χ0v) is 12.2. The number of benzene rings is 1. The number of nitrogens with one attached hydrogen (secondary N) is 1. The fraction of sp³-hybridized carbons (Fsp3) is 0.647. The van der Waals surface area contributed by atoms with Crippen LogP contribution in [0, 0.1) is 0 Å². The molecule has 1 saturated carbocycles. The van der Waals surface area contributed by atoms with Crippen LogP contribution in [0.3, 0.4) is 0 Å². The van der Waals surface area contributed by atoms with Gasteiger partial charge >= 0.3 is 0 Å². The van der Waals surface area contributed by atoms with Gasteiger partial charge in [-0.2, -0.15) is 0 Å². The van der Waals surface area contributed by atoms with Crippen LogP contribution in [0.2, 0.25) is 0 Å². The van der Waals surface area contributed by atoms with E-state index >= 15 is 0 Å². The van der Waals surface area contributed by atoms with Crippen LogP contribution in [-0.2, 0) is 0 Å². The summed E-state index contributed by atoms with van der Waals surface area (Å²) in [6.07, 6.45) is 3.96. The lowest BCUT2D eigenvalue weighted by Gasteiger charge is -2.35. The van der Waals surface area contributed by atoms with Crippen LogP contribution in [0.25, 0.3) is 0 Å². The fourth-order valence-corrected chi connectivity index (χ4v) is 3.33. The van der Waals surface area contributed by atoms with Gasteiger partial charge < -0.3 is 10.2 Å². The first-order chi connectivity index (χ1) is 9.24. The summed E-state index contributed by atoms with van der Waals surface area (Å²) >= 11 is 0. The summed E-state index contributed by atoms with van der Waals surface area (Å²) in [7, 11) is 0. The molecule has 1 aromatic rings.